The Bertz CT molecular complexity index is 271. The Labute approximate surface area is 154 Å². The van der Waals surface area contributed by atoms with E-state index in [0.29, 0.717) is 39.6 Å². The third-order valence-corrected chi connectivity index (χ3v) is 3.92. The van der Waals surface area contributed by atoms with Crippen LogP contribution in [0.15, 0.2) is 0 Å². The second kappa shape index (κ2) is 21.4. The second-order valence-corrected chi connectivity index (χ2v) is 6.36. The Morgan fingerprint density at radius 3 is 1.44 bits per heavy atom. The Balaban J connectivity index is 2.97. The number of rotatable bonds is 20. The van der Waals surface area contributed by atoms with Crippen molar-refractivity contribution in [2.24, 2.45) is 0 Å². The van der Waals surface area contributed by atoms with Gasteiger partial charge in [-0.25, -0.2) is 0 Å². The van der Waals surface area contributed by atoms with E-state index >= 15 is 0 Å². The Kier molecular flexibility index (Phi) is 20.8. The summed E-state index contributed by atoms with van der Waals surface area (Å²) in [5.74, 6) is -0.278. The lowest BCUT2D eigenvalue weighted by Gasteiger charge is -2.07. The standard InChI is InChI=1S/C20H40O5/c1-3-4-5-6-7-8-9-10-11-12-13-22-14-15-23-16-17-24-18-19-25-20(2)21/h3-19H2,1-2H3. The zero-order chi connectivity index (χ0) is 18.4. The highest BCUT2D eigenvalue weighted by atomic mass is 16.6. The molecule has 0 spiro atoms. The normalized spacial score (nSPS) is 11.0. The molecule has 0 atom stereocenters. The van der Waals surface area contributed by atoms with Gasteiger partial charge >= 0.3 is 5.97 Å². The molecule has 0 aliphatic carbocycles. The molecule has 5 heteroatoms. The zero-order valence-electron chi connectivity index (χ0n) is 16.6. The molecule has 0 fully saturated rings. The molecule has 5 nitrogen and oxygen atoms in total. The van der Waals surface area contributed by atoms with Crippen molar-refractivity contribution in [2.75, 3.05) is 46.2 Å². The van der Waals surface area contributed by atoms with E-state index in [1.54, 1.807) is 0 Å². The Hall–Kier alpha value is -0.650. The number of unbranched alkanes of at least 4 members (excludes halogenated alkanes) is 9. The van der Waals surface area contributed by atoms with Gasteiger partial charge in [-0.05, 0) is 6.42 Å². The summed E-state index contributed by atoms with van der Waals surface area (Å²) in [6.07, 6.45) is 13.5. The fourth-order valence-electron chi connectivity index (χ4n) is 2.48. The molecule has 0 saturated heterocycles. The molecule has 0 N–H and O–H groups in total. The van der Waals surface area contributed by atoms with Crippen molar-refractivity contribution in [1.82, 2.24) is 0 Å². The first-order valence-corrected chi connectivity index (χ1v) is 10.1. The van der Waals surface area contributed by atoms with Gasteiger partial charge in [-0.3, -0.25) is 4.79 Å². The third-order valence-electron chi connectivity index (χ3n) is 3.92. The molecule has 0 saturated carbocycles. The summed E-state index contributed by atoms with van der Waals surface area (Å²) in [5.41, 5.74) is 0. The largest absolute Gasteiger partial charge is 0.463 e. The molecule has 25 heavy (non-hydrogen) atoms. The van der Waals surface area contributed by atoms with Crippen molar-refractivity contribution in [3.63, 3.8) is 0 Å². The molecule has 0 rings (SSSR count). The summed E-state index contributed by atoms with van der Waals surface area (Å²) in [6, 6.07) is 0. The average Bonchev–Trinajstić information content (AvgIpc) is 2.60. The van der Waals surface area contributed by atoms with Gasteiger partial charge in [-0.2, -0.15) is 0 Å². The maximum Gasteiger partial charge on any atom is 0.302 e. The highest BCUT2D eigenvalue weighted by Crippen LogP contribution is 2.10. The molecule has 0 bridgehead atoms. The summed E-state index contributed by atoms with van der Waals surface area (Å²) in [7, 11) is 0. The molecule has 0 aromatic rings. The smallest absolute Gasteiger partial charge is 0.302 e. The molecule has 0 amide bonds. The summed E-state index contributed by atoms with van der Waals surface area (Å²) in [5, 5.41) is 0. The van der Waals surface area contributed by atoms with Gasteiger partial charge in [0.05, 0.1) is 33.0 Å². The lowest BCUT2D eigenvalue weighted by atomic mass is 10.1. The van der Waals surface area contributed by atoms with Crippen molar-refractivity contribution >= 4 is 5.97 Å². The molecule has 0 aliphatic heterocycles. The number of carbonyl (C=O) groups excluding carboxylic acids is 1. The van der Waals surface area contributed by atoms with E-state index < -0.39 is 0 Å². The van der Waals surface area contributed by atoms with Gasteiger partial charge in [0, 0.05) is 13.5 Å². The molecule has 0 radical (unpaired) electrons. The van der Waals surface area contributed by atoms with E-state index in [2.05, 4.69) is 6.92 Å². The van der Waals surface area contributed by atoms with Crippen LogP contribution in [0.4, 0.5) is 0 Å². The number of esters is 1. The van der Waals surface area contributed by atoms with E-state index in [-0.39, 0.29) is 5.97 Å². The summed E-state index contributed by atoms with van der Waals surface area (Å²) < 4.78 is 21.0. The van der Waals surface area contributed by atoms with Gasteiger partial charge in [-0.15, -0.1) is 0 Å². The molecule has 0 aromatic heterocycles. The molecular weight excluding hydrogens is 320 g/mol. The van der Waals surface area contributed by atoms with Crippen molar-refractivity contribution in [1.29, 1.82) is 0 Å². The summed E-state index contributed by atoms with van der Waals surface area (Å²) in [6.45, 7) is 7.50. The fraction of sp³-hybridized carbons (Fsp3) is 0.950. The van der Waals surface area contributed by atoms with E-state index in [9.17, 15) is 4.79 Å². The van der Waals surface area contributed by atoms with Gasteiger partial charge < -0.3 is 18.9 Å². The average molecular weight is 361 g/mol. The van der Waals surface area contributed by atoms with E-state index in [4.69, 9.17) is 18.9 Å². The minimum absolute atomic E-state index is 0.278. The second-order valence-electron chi connectivity index (χ2n) is 6.36. The molecular formula is C20H40O5. The van der Waals surface area contributed by atoms with Crippen LogP contribution >= 0.6 is 0 Å². The first-order valence-electron chi connectivity index (χ1n) is 10.1. The predicted molar refractivity (Wildman–Crippen MR) is 101 cm³/mol. The van der Waals surface area contributed by atoms with Crippen LogP contribution in [0.3, 0.4) is 0 Å². The van der Waals surface area contributed by atoms with Crippen LogP contribution in [0, 0.1) is 0 Å². The van der Waals surface area contributed by atoms with Gasteiger partial charge in [0.2, 0.25) is 0 Å². The van der Waals surface area contributed by atoms with Gasteiger partial charge in [0.15, 0.2) is 0 Å². The van der Waals surface area contributed by atoms with Crippen LogP contribution in [-0.4, -0.2) is 52.2 Å². The first kappa shape index (κ1) is 24.4. The monoisotopic (exact) mass is 360 g/mol. The molecule has 150 valence electrons. The van der Waals surface area contributed by atoms with E-state index in [1.165, 1.54) is 64.7 Å². The van der Waals surface area contributed by atoms with Crippen LogP contribution in [0.25, 0.3) is 0 Å². The van der Waals surface area contributed by atoms with Gasteiger partial charge in [0.1, 0.15) is 6.61 Å². The van der Waals surface area contributed by atoms with E-state index in [1.807, 2.05) is 0 Å². The Morgan fingerprint density at radius 2 is 0.960 bits per heavy atom. The lowest BCUT2D eigenvalue weighted by molar-refractivity contribution is -0.142. The minimum Gasteiger partial charge on any atom is -0.463 e. The maximum absolute atomic E-state index is 10.5. The van der Waals surface area contributed by atoms with Crippen molar-refractivity contribution in [2.45, 2.75) is 78.1 Å². The summed E-state index contributed by atoms with van der Waals surface area (Å²) >= 11 is 0. The maximum atomic E-state index is 10.5. The number of ether oxygens (including phenoxy) is 4. The number of hydrogen-bond donors (Lipinski definition) is 0. The van der Waals surface area contributed by atoms with Gasteiger partial charge in [-0.1, -0.05) is 64.7 Å². The Morgan fingerprint density at radius 1 is 0.560 bits per heavy atom. The lowest BCUT2D eigenvalue weighted by Crippen LogP contribution is -2.13. The van der Waals surface area contributed by atoms with Crippen LogP contribution in [-0.2, 0) is 23.7 Å². The van der Waals surface area contributed by atoms with Gasteiger partial charge in [0.25, 0.3) is 0 Å². The number of carbonyl (C=O) groups is 1. The van der Waals surface area contributed by atoms with Crippen molar-refractivity contribution in [3.05, 3.63) is 0 Å². The molecule has 0 aromatic carbocycles. The summed E-state index contributed by atoms with van der Waals surface area (Å²) in [4.78, 5) is 10.5. The van der Waals surface area contributed by atoms with Crippen molar-refractivity contribution in [3.8, 4) is 0 Å². The van der Waals surface area contributed by atoms with Crippen LogP contribution in [0.2, 0.25) is 0 Å². The minimum atomic E-state index is -0.278. The quantitative estimate of drug-likeness (QED) is 0.236. The van der Waals surface area contributed by atoms with Crippen LogP contribution in [0.1, 0.15) is 78.1 Å². The highest BCUT2D eigenvalue weighted by Gasteiger charge is 1.95. The van der Waals surface area contributed by atoms with E-state index in [0.717, 1.165) is 13.0 Å². The van der Waals surface area contributed by atoms with Crippen LogP contribution in [0.5, 0.6) is 0 Å². The fourth-order valence-corrected chi connectivity index (χ4v) is 2.48. The number of hydrogen-bond acceptors (Lipinski definition) is 5. The SMILES string of the molecule is CCCCCCCCCCCCOCCOCCOCCOC(C)=O. The van der Waals surface area contributed by atoms with Crippen molar-refractivity contribution < 1.29 is 23.7 Å². The zero-order valence-corrected chi connectivity index (χ0v) is 16.6. The van der Waals surface area contributed by atoms with Crippen LogP contribution < -0.4 is 0 Å². The molecule has 0 aliphatic rings. The predicted octanol–water partition coefficient (Wildman–Crippen LogP) is 4.52. The third kappa shape index (κ3) is 23.4. The molecule has 0 unspecified atom stereocenters. The first-order chi connectivity index (χ1) is 12.3. The topological polar surface area (TPSA) is 54.0 Å². The highest BCUT2D eigenvalue weighted by molar-refractivity contribution is 5.65. The molecule has 0 heterocycles.